The highest BCUT2D eigenvalue weighted by molar-refractivity contribution is 6.00. The first kappa shape index (κ1) is 16.6. The van der Waals surface area contributed by atoms with Gasteiger partial charge < -0.3 is 10.2 Å². The first-order valence-corrected chi connectivity index (χ1v) is 8.99. The molecule has 6 heteroatoms. The molecule has 1 aliphatic rings. The number of anilines is 1. The Morgan fingerprint density at radius 3 is 2.92 bits per heavy atom. The van der Waals surface area contributed by atoms with Gasteiger partial charge in [0.1, 0.15) is 0 Å². The number of rotatable bonds is 2. The Morgan fingerprint density at radius 1 is 1.31 bits per heavy atom. The summed E-state index contributed by atoms with van der Waals surface area (Å²) >= 11 is 0. The summed E-state index contributed by atoms with van der Waals surface area (Å²) in [7, 11) is 0. The quantitative estimate of drug-likeness (QED) is 0.726. The maximum atomic E-state index is 13.1. The van der Waals surface area contributed by atoms with Gasteiger partial charge in [-0.15, -0.1) is 0 Å². The van der Waals surface area contributed by atoms with Crippen LogP contribution in [0.1, 0.15) is 41.4 Å². The Hall–Kier alpha value is -2.89. The second-order valence-electron chi connectivity index (χ2n) is 7.02. The molecule has 2 aromatic heterocycles. The molecular weight excluding hydrogens is 326 g/mol. The molecule has 134 valence electrons. The molecule has 0 spiro atoms. The molecular formula is C20H23N5O. The van der Waals surface area contributed by atoms with Gasteiger partial charge in [0, 0.05) is 29.4 Å². The van der Waals surface area contributed by atoms with E-state index >= 15 is 0 Å². The molecule has 0 radical (unpaired) electrons. The monoisotopic (exact) mass is 349 g/mol. The van der Waals surface area contributed by atoms with Gasteiger partial charge in [0.15, 0.2) is 0 Å². The summed E-state index contributed by atoms with van der Waals surface area (Å²) in [6.45, 7) is 6.78. The van der Waals surface area contributed by atoms with Crippen molar-refractivity contribution in [1.82, 2.24) is 20.1 Å². The molecule has 0 aliphatic carbocycles. The highest BCUT2D eigenvalue weighted by Crippen LogP contribution is 2.35. The van der Waals surface area contributed by atoms with Crippen LogP contribution in [-0.4, -0.2) is 32.7 Å². The van der Waals surface area contributed by atoms with Crippen LogP contribution in [0, 0.1) is 20.8 Å². The topological polar surface area (TPSA) is 73.9 Å². The highest BCUT2D eigenvalue weighted by atomic mass is 16.2. The van der Waals surface area contributed by atoms with Gasteiger partial charge in [-0.2, -0.15) is 5.10 Å². The van der Waals surface area contributed by atoms with E-state index in [1.54, 1.807) is 6.20 Å². The molecule has 3 aromatic rings. The largest absolute Gasteiger partial charge is 0.322 e. The number of H-pyrrole nitrogens is 1. The Bertz CT molecular complexity index is 958. The summed E-state index contributed by atoms with van der Waals surface area (Å²) < 4.78 is 0. The number of carbonyl (C=O) groups is 1. The second kappa shape index (κ2) is 6.44. The molecule has 1 aromatic carbocycles. The lowest BCUT2D eigenvalue weighted by molar-refractivity contribution is 0.207. The summed E-state index contributed by atoms with van der Waals surface area (Å²) in [5.41, 5.74) is 5.82. The summed E-state index contributed by atoms with van der Waals surface area (Å²) in [5.74, 6) is 0. The van der Waals surface area contributed by atoms with Crippen LogP contribution in [0.5, 0.6) is 0 Å². The molecule has 0 unspecified atom stereocenters. The fraction of sp³-hybridized carbons (Fsp3) is 0.350. The first-order valence-electron chi connectivity index (χ1n) is 8.99. The molecule has 1 aliphatic heterocycles. The number of carbonyl (C=O) groups excluding carboxylic acids is 1. The zero-order valence-electron chi connectivity index (χ0n) is 15.3. The summed E-state index contributed by atoms with van der Waals surface area (Å²) in [5, 5.41) is 11.5. The number of amides is 2. The van der Waals surface area contributed by atoms with E-state index in [1.165, 1.54) is 0 Å². The highest BCUT2D eigenvalue weighted by Gasteiger charge is 2.33. The number of nitrogens with one attached hydrogen (secondary N) is 2. The molecule has 26 heavy (non-hydrogen) atoms. The third-order valence-corrected chi connectivity index (χ3v) is 5.12. The maximum absolute atomic E-state index is 13.1. The number of likely N-dealkylation sites (tertiary alicyclic amines) is 1. The average molecular weight is 349 g/mol. The van der Waals surface area contributed by atoms with Crippen LogP contribution >= 0.6 is 0 Å². The number of aromatic amines is 1. The van der Waals surface area contributed by atoms with Gasteiger partial charge in [-0.25, -0.2) is 4.79 Å². The lowest BCUT2D eigenvalue weighted by Crippen LogP contribution is -2.35. The molecule has 0 bridgehead atoms. The number of hydrogen-bond acceptors (Lipinski definition) is 3. The van der Waals surface area contributed by atoms with Crippen molar-refractivity contribution >= 4 is 22.6 Å². The van der Waals surface area contributed by atoms with E-state index in [-0.39, 0.29) is 12.1 Å². The van der Waals surface area contributed by atoms with E-state index < -0.39 is 0 Å². The van der Waals surface area contributed by atoms with Gasteiger partial charge in [0.05, 0.1) is 22.9 Å². The van der Waals surface area contributed by atoms with E-state index in [1.807, 2.05) is 43.9 Å². The summed E-state index contributed by atoms with van der Waals surface area (Å²) in [4.78, 5) is 19.4. The van der Waals surface area contributed by atoms with Crippen LogP contribution in [0.4, 0.5) is 10.5 Å². The standard InChI is InChI=1S/C20H23N5O/c1-12-10-15-6-4-8-21-19(15)16(11-12)22-20(26)25-9-5-7-17(25)18-13(2)23-24-14(18)3/h4,6,8,10-11,17H,5,7,9H2,1-3H3,(H,22,26)(H,23,24)/t17-/m1/s1. The van der Waals surface area contributed by atoms with Gasteiger partial charge >= 0.3 is 6.03 Å². The minimum atomic E-state index is -0.0787. The predicted octanol–water partition coefficient (Wildman–Crippen LogP) is 4.25. The number of urea groups is 1. The Morgan fingerprint density at radius 2 is 2.15 bits per heavy atom. The smallest absolute Gasteiger partial charge is 0.317 e. The molecule has 6 nitrogen and oxygen atoms in total. The van der Waals surface area contributed by atoms with Gasteiger partial charge in [0.25, 0.3) is 0 Å². The number of hydrogen-bond donors (Lipinski definition) is 2. The SMILES string of the molecule is Cc1cc(NC(=O)N2CCC[C@@H]2c2c(C)n[nH]c2C)c2ncccc2c1. The predicted molar refractivity (Wildman–Crippen MR) is 102 cm³/mol. The maximum Gasteiger partial charge on any atom is 0.322 e. The number of nitrogens with zero attached hydrogens (tertiary/aromatic N) is 3. The molecule has 1 atom stereocenters. The van der Waals surface area contributed by atoms with E-state index in [0.717, 1.165) is 58.5 Å². The van der Waals surface area contributed by atoms with Crippen molar-refractivity contribution in [3.8, 4) is 0 Å². The van der Waals surface area contributed by atoms with E-state index in [0.29, 0.717) is 0 Å². The van der Waals surface area contributed by atoms with Crippen molar-refractivity contribution in [2.75, 3.05) is 11.9 Å². The average Bonchev–Trinajstić information content (AvgIpc) is 3.21. The van der Waals surface area contributed by atoms with E-state index in [2.05, 4.69) is 26.6 Å². The van der Waals surface area contributed by atoms with E-state index in [4.69, 9.17) is 0 Å². The van der Waals surface area contributed by atoms with Crippen molar-refractivity contribution in [3.05, 3.63) is 53.0 Å². The Labute approximate surface area is 152 Å². The molecule has 1 saturated heterocycles. The van der Waals surface area contributed by atoms with Crippen molar-refractivity contribution in [2.45, 2.75) is 39.7 Å². The third kappa shape index (κ3) is 2.81. The minimum Gasteiger partial charge on any atom is -0.317 e. The first-order chi connectivity index (χ1) is 12.5. The van der Waals surface area contributed by atoms with Crippen molar-refractivity contribution < 1.29 is 4.79 Å². The fourth-order valence-electron chi connectivity index (χ4n) is 3.98. The minimum absolute atomic E-state index is 0.0674. The van der Waals surface area contributed by atoms with Crippen LogP contribution in [0.25, 0.3) is 10.9 Å². The summed E-state index contributed by atoms with van der Waals surface area (Å²) in [6, 6.07) is 7.97. The van der Waals surface area contributed by atoms with Gasteiger partial charge in [0.2, 0.25) is 0 Å². The molecule has 3 heterocycles. The van der Waals surface area contributed by atoms with Crippen LogP contribution in [0.3, 0.4) is 0 Å². The molecule has 2 N–H and O–H groups in total. The van der Waals surface area contributed by atoms with Crippen LogP contribution in [-0.2, 0) is 0 Å². The number of benzene rings is 1. The lowest BCUT2D eigenvalue weighted by Gasteiger charge is -2.26. The molecule has 2 amide bonds. The molecule has 4 rings (SSSR count). The number of fused-ring (bicyclic) bond motifs is 1. The Balaban J connectivity index is 1.64. The number of aromatic nitrogens is 3. The Kier molecular flexibility index (Phi) is 4.11. The fourth-order valence-corrected chi connectivity index (χ4v) is 3.98. The van der Waals surface area contributed by atoms with Crippen molar-refractivity contribution in [2.24, 2.45) is 0 Å². The molecule has 1 fully saturated rings. The van der Waals surface area contributed by atoms with Crippen LogP contribution in [0.2, 0.25) is 0 Å². The zero-order valence-corrected chi connectivity index (χ0v) is 15.3. The second-order valence-corrected chi connectivity index (χ2v) is 7.02. The molecule has 0 saturated carbocycles. The summed E-state index contributed by atoms with van der Waals surface area (Å²) in [6.07, 6.45) is 3.71. The number of aryl methyl sites for hydroxylation is 3. The van der Waals surface area contributed by atoms with Gasteiger partial charge in [-0.3, -0.25) is 10.1 Å². The van der Waals surface area contributed by atoms with Crippen molar-refractivity contribution in [3.63, 3.8) is 0 Å². The lowest BCUT2D eigenvalue weighted by atomic mass is 10.0. The van der Waals surface area contributed by atoms with Gasteiger partial charge in [-0.05, 0) is 57.4 Å². The van der Waals surface area contributed by atoms with E-state index in [9.17, 15) is 4.79 Å². The third-order valence-electron chi connectivity index (χ3n) is 5.12. The number of pyridine rings is 1. The van der Waals surface area contributed by atoms with Gasteiger partial charge in [-0.1, -0.05) is 6.07 Å². The van der Waals surface area contributed by atoms with Crippen molar-refractivity contribution in [1.29, 1.82) is 0 Å². The zero-order chi connectivity index (χ0) is 18.3. The normalized spacial score (nSPS) is 17.0. The van der Waals surface area contributed by atoms with Crippen LogP contribution in [0.15, 0.2) is 30.5 Å². The van der Waals surface area contributed by atoms with Crippen LogP contribution < -0.4 is 5.32 Å².